The van der Waals surface area contributed by atoms with E-state index in [-0.39, 0.29) is 10.6 Å². The van der Waals surface area contributed by atoms with Crippen molar-refractivity contribution in [3.63, 3.8) is 0 Å². The molecule has 0 saturated heterocycles. The molecule has 2 amide bonds. The van der Waals surface area contributed by atoms with Gasteiger partial charge in [-0.15, -0.1) is 11.3 Å². The summed E-state index contributed by atoms with van der Waals surface area (Å²) in [5, 5.41) is 2.84. The molecule has 13 heteroatoms. The molecule has 0 atom stereocenters. The first-order valence-electron chi connectivity index (χ1n) is 11.2. The van der Waals surface area contributed by atoms with E-state index in [1.54, 1.807) is 0 Å². The first-order chi connectivity index (χ1) is 17.1. The van der Waals surface area contributed by atoms with Gasteiger partial charge in [-0.3, -0.25) is 9.59 Å². The summed E-state index contributed by atoms with van der Waals surface area (Å²) in [5.74, 6) is -4.03. The monoisotopic (exact) mass is 613 g/mol. The van der Waals surface area contributed by atoms with E-state index in [2.05, 4.69) is 26.2 Å². The molecule has 36 heavy (non-hydrogen) atoms. The zero-order valence-electron chi connectivity index (χ0n) is 19.6. The van der Waals surface area contributed by atoms with E-state index in [0.29, 0.717) is 17.8 Å². The van der Waals surface area contributed by atoms with Gasteiger partial charge in [0, 0.05) is 15.9 Å². The number of amides is 2. The molecule has 0 spiro atoms. The van der Waals surface area contributed by atoms with Crippen LogP contribution in [-0.4, -0.2) is 49.4 Å². The van der Waals surface area contributed by atoms with Crippen LogP contribution in [0.4, 0.5) is 5.00 Å². The lowest BCUT2D eigenvalue weighted by Gasteiger charge is -2.11. The second-order valence-corrected chi connectivity index (χ2v) is 13.3. The number of aromatic nitrogens is 1. The highest BCUT2D eigenvalue weighted by molar-refractivity contribution is 9.10. The van der Waals surface area contributed by atoms with Crippen molar-refractivity contribution in [2.75, 3.05) is 23.9 Å². The molecular weight excluding hydrogens is 590 g/mol. The minimum absolute atomic E-state index is 0.283. The van der Waals surface area contributed by atoms with Gasteiger partial charge in [0.05, 0.1) is 22.9 Å². The third-order valence-corrected chi connectivity index (χ3v) is 9.82. The number of halogens is 1. The summed E-state index contributed by atoms with van der Waals surface area (Å²) in [4.78, 5) is 42.9. The normalized spacial score (nSPS) is 14.0. The molecule has 0 radical (unpaired) electrons. The van der Waals surface area contributed by atoms with Crippen LogP contribution in [0.2, 0.25) is 0 Å². The van der Waals surface area contributed by atoms with Gasteiger partial charge in [0.1, 0.15) is 16.5 Å². The van der Waals surface area contributed by atoms with Crippen molar-refractivity contribution in [2.24, 2.45) is 4.99 Å². The smallest absolute Gasteiger partial charge is 0.341 e. The maximum absolute atomic E-state index is 12.6. The lowest BCUT2D eigenvalue weighted by atomic mass is 9.95. The Morgan fingerprint density at radius 2 is 1.92 bits per heavy atom. The molecule has 2 heterocycles. The number of methoxy groups -OCH3 is 1. The van der Waals surface area contributed by atoms with E-state index >= 15 is 0 Å². The molecule has 2 aromatic heterocycles. The Morgan fingerprint density at radius 3 is 2.64 bits per heavy atom. The maximum Gasteiger partial charge on any atom is 0.341 e. The largest absolute Gasteiger partial charge is 0.465 e. The molecule has 0 fully saturated rings. The van der Waals surface area contributed by atoms with Crippen molar-refractivity contribution in [1.82, 2.24) is 4.57 Å². The Kier molecular flexibility index (Phi) is 8.12. The van der Waals surface area contributed by atoms with Crippen LogP contribution in [-0.2, 0) is 43.5 Å². The Balaban J connectivity index is 1.50. The summed E-state index contributed by atoms with van der Waals surface area (Å²) in [6.45, 7) is 2.46. The number of anilines is 1. The van der Waals surface area contributed by atoms with Crippen molar-refractivity contribution in [1.29, 1.82) is 0 Å². The number of hydrogen-bond donors (Lipinski definition) is 1. The average Bonchev–Trinajstić information content (AvgIpc) is 3.33. The fourth-order valence-corrected chi connectivity index (χ4v) is 8.12. The number of nitrogens with one attached hydrogen (secondary N) is 1. The van der Waals surface area contributed by atoms with Crippen LogP contribution >= 0.6 is 38.6 Å². The number of hydrogen-bond acceptors (Lipinski definition) is 8. The van der Waals surface area contributed by atoms with Crippen LogP contribution in [0.5, 0.6) is 0 Å². The topological polar surface area (TPSA) is 124 Å². The molecular formula is C23H24BrN3O6S3. The maximum atomic E-state index is 12.6. The van der Waals surface area contributed by atoms with Crippen LogP contribution < -0.4 is 10.1 Å². The van der Waals surface area contributed by atoms with Gasteiger partial charge in [0.15, 0.2) is 14.6 Å². The molecule has 192 valence electrons. The second kappa shape index (κ2) is 11.0. The van der Waals surface area contributed by atoms with Gasteiger partial charge in [-0.1, -0.05) is 27.3 Å². The molecule has 0 bridgehead atoms. The number of thiophene rings is 1. The third-order valence-electron chi connectivity index (χ3n) is 5.69. The molecule has 0 saturated carbocycles. The highest BCUT2D eigenvalue weighted by atomic mass is 79.9. The predicted molar refractivity (Wildman–Crippen MR) is 143 cm³/mol. The van der Waals surface area contributed by atoms with Gasteiger partial charge in [-0.2, -0.15) is 4.99 Å². The molecule has 9 nitrogen and oxygen atoms in total. The van der Waals surface area contributed by atoms with Crippen LogP contribution in [0, 0.1) is 0 Å². The van der Waals surface area contributed by atoms with Crippen molar-refractivity contribution < 1.29 is 27.5 Å². The van der Waals surface area contributed by atoms with Crippen molar-refractivity contribution in [2.45, 2.75) is 39.2 Å². The lowest BCUT2D eigenvalue weighted by Crippen LogP contribution is -2.28. The van der Waals surface area contributed by atoms with E-state index in [1.807, 2.05) is 29.7 Å². The lowest BCUT2D eigenvalue weighted by molar-refractivity contribution is -0.115. The number of carbonyl (C=O) groups is 3. The summed E-state index contributed by atoms with van der Waals surface area (Å²) in [5.41, 5.74) is 2.03. The van der Waals surface area contributed by atoms with E-state index in [4.69, 9.17) is 4.74 Å². The Labute approximate surface area is 224 Å². The number of carbonyl (C=O) groups excluding carboxylic acids is 3. The van der Waals surface area contributed by atoms with E-state index < -0.39 is 39.1 Å². The van der Waals surface area contributed by atoms with E-state index in [1.165, 1.54) is 29.8 Å². The predicted octanol–water partition coefficient (Wildman–Crippen LogP) is 3.69. The van der Waals surface area contributed by atoms with Crippen molar-refractivity contribution >= 4 is 81.4 Å². The minimum atomic E-state index is -4.10. The highest BCUT2D eigenvalue weighted by Crippen LogP contribution is 2.38. The summed E-state index contributed by atoms with van der Waals surface area (Å²) in [6.07, 6.45) is 3.40. The first-order valence-corrected chi connectivity index (χ1v) is 15.5. The zero-order valence-corrected chi connectivity index (χ0v) is 23.7. The molecule has 1 N–H and O–H groups in total. The molecule has 1 aliphatic rings. The summed E-state index contributed by atoms with van der Waals surface area (Å²) < 4.78 is 33.8. The van der Waals surface area contributed by atoms with Crippen LogP contribution in [0.25, 0.3) is 10.2 Å². The number of fused-ring (bicyclic) bond motifs is 2. The van der Waals surface area contributed by atoms with Gasteiger partial charge in [0.25, 0.3) is 5.91 Å². The van der Waals surface area contributed by atoms with Gasteiger partial charge in [0.2, 0.25) is 5.91 Å². The van der Waals surface area contributed by atoms with Gasteiger partial charge in [-0.25, -0.2) is 13.2 Å². The zero-order chi connectivity index (χ0) is 26.0. The molecule has 3 aromatic rings. The average molecular weight is 615 g/mol. The Bertz CT molecular complexity index is 1530. The third kappa shape index (κ3) is 5.79. The van der Waals surface area contributed by atoms with Gasteiger partial charge < -0.3 is 14.6 Å². The molecule has 0 unspecified atom stereocenters. The molecule has 1 aromatic carbocycles. The minimum Gasteiger partial charge on any atom is -0.465 e. The SMILES string of the molecule is CCn1c(=NC(=O)CS(=O)(=O)CC(=O)Nc2sc3c(c2C(=O)OC)CCCC3)sc2cc(Br)ccc21. The van der Waals surface area contributed by atoms with Crippen LogP contribution in [0.1, 0.15) is 40.6 Å². The van der Waals surface area contributed by atoms with E-state index in [9.17, 15) is 22.8 Å². The van der Waals surface area contributed by atoms with Crippen molar-refractivity contribution in [3.05, 3.63) is 43.5 Å². The number of rotatable bonds is 7. The quantitative estimate of drug-likeness (QED) is 0.405. The van der Waals surface area contributed by atoms with Gasteiger partial charge in [-0.05, 0) is 56.4 Å². The number of nitrogens with zero attached hydrogens (tertiary/aromatic N) is 2. The highest BCUT2D eigenvalue weighted by Gasteiger charge is 2.28. The number of aryl methyl sites for hydroxylation is 2. The number of sulfone groups is 1. The molecule has 4 rings (SSSR count). The van der Waals surface area contributed by atoms with Crippen LogP contribution in [0.3, 0.4) is 0 Å². The summed E-state index contributed by atoms with van der Waals surface area (Å²) in [6, 6.07) is 5.68. The first kappa shape index (κ1) is 26.7. The molecule has 0 aliphatic heterocycles. The second-order valence-electron chi connectivity index (χ2n) is 8.23. The summed E-state index contributed by atoms with van der Waals surface area (Å²) >= 11 is 5.96. The Morgan fingerprint density at radius 1 is 1.17 bits per heavy atom. The number of ether oxygens (including phenoxy) is 1. The fraction of sp³-hybridized carbons (Fsp3) is 0.391. The Hall–Kier alpha value is -2.35. The number of benzene rings is 1. The van der Waals surface area contributed by atoms with Gasteiger partial charge >= 0.3 is 5.97 Å². The van der Waals surface area contributed by atoms with Crippen LogP contribution in [0.15, 0.2) is 27.7 Å². The standard InChI is InChI=1S/C23H24BrN3O6S3/c1-3-27-15-9-8-13(24)10-17(15)35-23(27)26-19(29)12-36(31,32)11-18(28)25-21-20(22(30)33-2)14-6-4-5-7-16(14)34-21/h8-10H,3-7,11-12H2,1-2H3,(H,25,28). The summed E-state index contributed by atoms with van der Waals surface area (Å²) in [7, 11) is -2.83. The van der Waals surface area contributed by atoms with E-state index in [0.717, 1.165) is 44.4 Å². The number of esters is 1. The fourth-order valence-electron chi connectivity index (χ4n) is 4.15. The van der Waals surface area contributed by atoms with Crippen molar-refractivity contribution in [3.8, 4) is 0 Å². The number of thiazole rings is 1. The molecule has 1 aliphatic carbocycles.